The quantitative estimate of drug-likeness (QED) is 0.671. The van der Waals surface area contributed by atoms with E-state index in [-0.39, 0.29) is 12.3 Å². The Kier molecular flexibility index (Phi) is 5.44. The van der Waals surface area contributed by atoms with E-state index in [1.54, 1.807) is 17.7 Å². The Morgan fingerprint density at radius 1 is 1.28 bits per heavy atom. The molecule has 1 saturated heterocycles. The Balaban J connectivity index is 1.50. The number of rotatable bonds is 6. The Morgan fingerprint density at radius 3 is 2.83 bits per heavy atom. The van der Waals surface area contributed by atoms with Crippen LogP contribution in [0.2, 0.25) is 0 Å². The molecule has 8 heteroatoms. The summed E-state index contributed by atoms with van der Waals surface area (Å²) in [6.07, 6.45) is 3.06. The predicted molar refractivity (Wildman–Crippen MR) is 113 cm³/mol. The summed E-state index contributed by atoms with van der Waals surface area (Å²) in [6.45, 7) is 0.979. The molecule has 0 spiro atoms. The molecule has 1 fully saturated rings. The number of fused-ring (bicyclic) bond motifs is 1. The first-order valence-electron chi connectivity index (χ1n) is 9.58. The fourth-order valence-corrected chi connectivity index (χ4v) is 4.73. The molecule has 1 aliphatic rings. The van der Waals surface area contributed by atoms with Crippen LogP contribution in [0.4, 0.5) is 5.82 Å². The van der Waals surface area contributed by atoms with Crippen molar-refractivity contribution in [3.05, 3.63) is 42.7 Å². The van der Waals surface area contributed by atoms with Crippen LogP contribution in [0.5, 0.6) is 0 Å². The molecule has 1 aliphatic heterocycles. The van der Waals surface area contributed by atoms with E-state index in [1.807, 2.05) is 30.1 Å². The number of carbonyl (C=O) groups is 2. The van der Waals surface area contributed by atoms with Crippen molar-refractivity contribution in [2.24, 2.45) is 0 Å². The van der Waals surface area contributed by atoms with Crippen molar-refractivity contribution in [3.63, 3.8) is 0 Å². The van der Waals surface area contributed by atoms with Crippen molar-refractivity contribution in [2.75, 3.05) is 25.0 Å². The summed E-state index contributed by atoms with van der Waals surface area (Å²) in [5.74, 6) is -0.270. The van der Waals surface area contributed by atoms with E-state index in [0.29, 0.717) is 19.5 Å². The molecule has 0 saturated carbocycles. The van der Waals surface area contributed by atoms with Crippen molar-refractivity contribution in [3.8, 4) is 10.4 Å². The number of aliphatic carboxylic acids is 1. The zero-order valence-electron chi connectivity index (χ0n) is 16.1. The van der Waals surface area contributed by atoms with Crippen molar-refractivity contribution in [2.45, 2.75) is 25.3 Å². The lowest BCUT2D eigenvalue weighted by atomic mass is 10.2. The van der Waals surface area contributed by atoms with E-state index in [2.05, 4.69) is 28.2 Å². The van der Waals surface area contributed by atoms with Gasteiger partial charge in [-0.1, -0.05) is 30.3 Å². The normalized spacial score (nSPS) is 16.3. The number of aromatic nitrogens is 2. The molecule has 3 heterocycles. The van der Waals surface area contributed by atoms with Crippen LogP contribution in [-0.2, 0) is 9.59 Å². The van der Waals surface area contributed by atoms with Crippen molar-refractivity contribution in [1.82, 2.24) is 14.9 Å². The minimum Gasteiger partial charge on any atom is -0.480 e. The first-order chi connectivity index (χ1) is 14.0. The minimum atomic E-state index is -0.923. The number of hydrogen-bond acceptors (Lipinski definition) is 6. The maximum absolute atomic E-state index is 12.6. The highest BCUT2D eigenvalue weighted by atomic mass is 32.1. The van der Waals surface area contributed by atoms with Crippen LogP contribution in [0.1, 0.15) is 19.3 Å². The average molecular weight is 410 g/mol. The number of carboxylic acid groups (broad SMARTS) is 1. The number of likely N-dealkylation sites (tertiary alicyclic amines) is 1. The molecule has 0 bridgehead atoms. The van der Waals surface area contributed by atoms with E-state index in [1.165, 1.54) is 4.90 Å². The van der Waals surface area contributed by atoms with E-state index in [0.717, 1.165) is 32.9 Å². The maximum Gasteiger partial charge on any atom is 0.326 e. The van der Waals surface area contributed by atoms with Gasteiger partial charge in [-0.15, -0.1) is 11.3 Å². The highest BCUT2D eigenvalue weighted by molar-refractivity contribution is 7.21. The standard InChI is InChI=1S/C21H22N4O3S/c1-24(11-9-18(26)25-10-5-8-16(25)21(27)28)19-15-12-17(14-6-3-2-4-7-14)29-20(15)23-13-22-19/h2-4,6-7,12-13,16H,5,8-11H2,1H3,(H,27,28). The largest absolute Gasteiger partial charge is 0.480 e. The van der Waals surface area contributed by atoms with Gasteiger partial charge in [-0.3, -0.25) is 4.79 Å². The summed E-state index contributed by atoms with van der Waals surface area (Å²) < 4.78 is 0. The third kappa shape index (κ3) is 3.93. The topological polar surface area (TPSA) is 86.6 Å². The predicted octanol–water partition coefficient (Wildman–Crippen LogP) is 3.26. The summed E-state index contributed by atoms with van der Waals surface area (Å²) in [5, 5.41) is 10.2. The number of anilines is 1. The Morgan fingerprint density at radius 2 is 2.07 bits per heavy atom. The first kappa shape index (κ1) is 19.3. The molecule has 1 N–H and O–H groups in total. The lowest BCUT2D eigenvalue weighted by molar-refractivity contribution is -0.148. The van der Waals surface area contributed by atoms with Gasteiger partial charge in [0.2, 0.25) is 5.91 Å². The maximum atomic E-state index is 12.6. The fourth-order valence-electron chi connectivity index (χ4n) is 3.73. The molecule has 0 radical (unpaired) electrons. The zero-order chi connectivity index (χ0) is 20.4. The van der Waals surface area contributed by atoms with Gasteiger partial charge in [0.15, 0.2) is 0 Å². The van der Waals surface area contributed by atoms with Crippen LogP contribution in [-0.4, -0.2) is 58.0 Å². The van der Waals surface area contributed by atoms with Crippen molar-refractivity contribution >= 4 is 39.2 Å². The molecule has 1 unspecified atom stereocenters. The third-order valence-electron chi connectivity index (χ3n) is 5.25. The number of carbonyl (C=O) groups excluding carboxylic acids is 1. The number of amides is 1. The van der Waals surface area contributed by atoms with E-state index in [9.17, 15) is 14.7 Å². The monoisotopic (exact) mass is 410 g/mol. The number of carboxylic acids is 1. The Bertz CT molecular complexity index is 1040. The summed E-state index contributed by atoms with van der Waals surface area (Å²) in [5.41, 5.74) is 1.13. The summed E-state index contributed by atoms with van der Waals surface area (Å²) in [6, 6.07) is 11.5. The zero-order valence-corrected chi connectivity index (χ0v) is 16.9. The minimum absolute atomic E-state index is 0.123. The second kappa shape index (κ2) is 8.16. The van der Waals surface area contributed by atoms with Crippen molar-refractivity contribution in [1.29, 1.82) is 0 Å². The van der Waals surface area contributed by atoms with E-state index >= 15 is 0 Å². The molecular formula is C21H22N4O3S. The van der Waals surface area contributed by atoms with Gasteiger partial charge in [0.05, 0.1) is 5.39 Å². The number of nitrogens with zero attached hydrogens (tertiary/aromatic N) is 4. The molecular weight excluding hydrogens is 388 g/mol. The molecule has 2 aromatic heterocycles. The molecule has 0 aliphatic carbocycles. The van der Waals surface area contributed by atoms with Crippen LogP contribution < -0.4 is 4.90 Å². The molecule has 29 heavy (non-hydrogen) atoms. The van der Waals surface area contributed by atoms with Crippen LogP contribution >= 0.6 is 11.3 Å². The average Bonchev–Trinajstić information content (AvgIpc) is 3.39. The molecule has 4 rings (SSSR count). The SMILES string of the molecule is CN(CCC(=O)N1CCCC1C(=O)O)c1ncnc2sc(-c3ccccc3)cc12. The van der Waals surface area contributed by atoms with E-state index < -0.39 is 12.0 Å². The molecule has 1 atom stereocenters. The van der Waals surface area contributed by atoms with Gasteiger partial charge in [-0.05, 0) is 24.5 Å². The fraction of sp³-hybridized carbons (Fsp3) is 0.333. The van der Waals surface area contributed by atoms with Gasteiger partial charge in [-0.2, -0.15) is 0 Å². The summed E-state index contributed by atoms with van der Waals surface area (Å²) in [7, 11) is 1.90. The van der Waals surface area contributed by atoms with Gasteiger partial charge < -0.3 is 14.9 Å². The summed E-state index contributed by atoms with van der Waals surface area (Å²) >= 11 is 1.61. The number of thiophene rings is 1. The lowest BCUT2D eigenvalue weighted by Crippen LogP contribution is -2.41. The van der Waals surface area contributed by atoms with E-state index in [4.69, 9.17) is 0 Å². The van der Waals surface area contributed by atoms with Crippen LogP contribution in [0.25, 0.3) is 20.7 Å². The second-order valence-corrected chi connectivity index (χ2v) is 8.18. The number of benzene rings is 1. The number of hydrogen-bond donors (Lipinski definition) is 1. The van der Waals surface area contributed by atoms with Crippen molar-refractivity contribution < 1.29 is 14.7 Å². The van der Waals surface area contributed by atoms with Crippen LogP contribution in [0, 0.1) is 0 Å². The van der Waals surface area contributed by atoms with Gasteiger partial charge in [0.25, 0.3) is 0 Å². The molecule has 7 nitrogen and oxygen atoms in total. The van der Waals surface area contributed by atoms with Gasteiger partial charge in [0, 0.05) is 31.4 Å². The highest BCUT2D eigenvalue weighted by Gasteiger charge is 2.33. The Labute approximate surface area is 172 Å². The molecule has 1 aromatic carbocycles. The second-order valence-electron chi connectivity index (χ2n) is 7.15. The third-order valence-corrected chi connectivity index (χ3v) is 6.34. The molecule has 150 valence electrons. The highest BCUT2D eigenvalue weighted by Crippen LogP contribution is 2.35. The van der Waals surface area contributed by atoms with Crippen LogP contribution in [0.15, 0.2) is 42.7 Å². The van der Waals surface area contributed by atoms with Crippen LogP contribution in [0.3, 0.4) is 0 Å². The summed E-state index contributed by atoms with van der Waals surface area (Å²) in [4.78, 5) is 38.2. The van der Waals surface area contributed by atoms with Gasteiger partial charge in [0.1, 0.15) is 23.0 Å². The Hall–Kier alpha value is -3.00. The lowest BCUT2D eigenvalue weighted by Gasteiger charge is -2.24. The van der Waals surface area contributed by atoms with Gasteiger partial charge >= 0.3 is 5.97 Å². The molecule has 3 aromatic rings. The van der Waals surface area contributed by atoms with Gasteiger partial charge in [-0.25, -0.2) is 14.8 Å². The smallest absolute Gasteiger partial charge is 0.326 e. The molecule has 1 amide bonds. The first-order valence-corrected chi connectivity index (χ1v) is 10.4.